The molecule has 0 aliphatic rings. The average Bonchev–Trinajstić information content (AvgIpc) is 2.32. The summed E-state index contributed by atoms with van der Waals surface area (Å²) >= 11 is 5.68. The Hall–Kier alpha value is -1.68. The summed E-state index contributed by atoms with van der Waals surface area (Å²) in [5.74, 6) is 0. The second kappa shape index (κ2) is 4.90. The van der Waals surface area contributed by atoms with E-state index in [0.29, 0.717) is 9.92 Å². The highest BCUT2D eigenvalue weighted by atomic mass is 35.5. The molecule has 2 aromatic rings. The van der Waals surface area contributed by atoms with Gasteiger partial charge in [-0.2, -0.15) is 0 Å². The highest BCUT2D eigenvalue weighted by molar-refractivity contribution is 6.30. The van der Waals surface area contributed by atoms with Crippen molar-refractivity contribution in [2.45, 2.75) is 6.30 Å². The van der Waals surface area contributed by atoms with Gasteiger partial charge in [0.1, 0.15) is 0 Å². The average molecular weight is 272 g/mol. The predicted octanol–water partition coefficient (Wildman–Crippen LogP) is 5.00. The molecular weight excluding hydrogens is 263 g/mol. The molecule has 0 aliphatic heterocycles. The van der Waals surface area contributed by atoms with Crippen molar-refractivity contribution in [1.82, 2.24) is 0 Å². The molecule has 2 rings (SSSR count). The van der Waals surface area contributed by atoms with Crippen LogP contribution in [0.1, 0.15) is 0 Å². The lowest BCUT2D eigenvalue weighted by Gasteiger charge is -2.27. The van der Waals surface area contributed by atoms with Gasteiger partial charge in [-0.3, -0.25) is 4.90 Å². The van der Waals surface area contributed by atoms with E-state index in [1.54, 1.807) is 18.2 Å². The molecule has 0 radical (unpaired) electrons. The molecule has 0 fully saturated rings. The fraction of sp³-hybridized carbons (Fsp3) is 0.0769. The van der Waals surface area contributed by atoms with E-state index in [1.165, 1.54) is 36.4 Å². The number of para-hydroxylation sites is 1. The lowest BCUT2D eigenvalue weighted by atomic mass is 10.2. The van der Waals surface area contributed by atoms with Crippen LogP contribution < -0.4 is 4.90 Å². The predicted molar refractivity (Wildman–Crippen MR) is 66.1 cm³/mol. The summed E-state index contributed by atoms with van der Waals surface area (Å²) in [5, 5.41) is 0.397. The smallest absolute Gasteiger partial charge is 0.253 e. The number of halogens is 4. The molecule has 0 saturated heterocycles. The van der Waals surface area contributed by atoms with Gasteiger partial charge < -0.3 is 0 Å². The standard InChI is InChI=1S/C13H9ClF3N/c14-10-6-8-12(9-7-10)18(13(15,16)17)11-4-2-1-3-5-11/h1-9H. The van der Waals surface area contributed by atoms with Crippen LogP contribution in [-0.4, -0.2) is 6.30 Å². The Morgan fingerprint density at radius 1 is 0.778 bits per heavy atom. The molecule has 0 amide bonds. The number of rotatable bonds is 2. The van der Waals surface area contributed by atoms with Crippen molar-refractivity contribution in [2.24, 2.45) is 0 Å². The van der Waals surface area contributed by atoms with Gasteiger partial charge in [0.05, 0.1) is 0 Å². The van der Waals surface area contributed by atoms with Gasteiger partial charge in [-0.25, -0.2) is 0 Å². The summed E-state index contributed by atoms with van der Waals surface area (Å²) in [7, 11) is 0. The van der Waals surface area contributed by atoms with E-state index in [9.17, 15) is 13.2 Å². The Kier molecular flexibility index (Phi) is 3.48. The number of alkyl halides is 3. The Morgan fingerprint density at radius 3 is 1.78 bits per heavy atom. The molecule has 0 unspecified atom stereocenters. The number of anilines is 2. The number of benzene rings is 2. The van der Waals surface area contributed by atoms with E-state index in [1.807, 2.05) is 0 Å². The molecule has 0 atom stereocenters. The molecule has 18 heavy (non-hydrogen) atoms. The third-order valence-corrected chi connectivity index (χ3v) is 2.60. The first kappa shape index (κ1) is 12.8. The van der Waals surface area contributed by atoms with Crippen LogP contribution >= 0.6 is 11.6 Å². The summed E-state index contributed by atoms with van der Waals surface area (Å²) in [4.78, 5) is 0.309. The summed E-state index contributed by atoms with van der Waals surface area (Å²) in [6.07, 6.45) is -4.49. The van der Waals surface area contributed by atoms with Gasteiger partial charge in [0, 0.05) is 16.4 Å². The molecule has 94 valence electrons. The first-order chi connectivity index (χ1) is 8.48. The Morgan fingerprint density at radius 2 is 1.28 bits per heavy atom. The zero-order valence-corrected chi connectivity index (χ0v) is 9.91. The van der Waals surface area contributed by atoms with Crippen LogP contribution in [0.5, 0.6) is 0 Å². The zero-order chi connectivity index (χ0) is 13.2. The number of hydrogen-bond acceptors (Lipinski definition) is 1. The van der Waals surface area contributed by atoms with E-state index in [0.717, 1.165) is 0 Å². The van der Waals surface area contributed by atoms with Gasteiger partial charge in [0.15, 0.2) is 0 Å². The molecule has 0 saturated carbocycles. The van der Waals surface area contributed by atoms with Gasteiger partial charge in [-0.05, 0) is 36.4 Å². The molecule has 0 heterocycles. The van der Waals surface area contributed by atoms with Crippen molar-refractivity contribution in [1.29, 1.82) is 0 Å². The summed E-state index contributed by atoms with van der Waals surface area (Å²) < 4.78 is 39.3. The van der Waals surface area contributed by atoms with E-state index in [2.05, 4.69) is 0 Å². The fourth-order valence-electron chi connectivity index (χ4n) is 1.61. The van der Waals surface area contributed by atoms with Crippen molar-refractivity contribution in [3.63, 3.8) is 0 Å². The normalized spacial score (nSPS) is 11.3. The van der Waals surface area contributed by atoms with Crippen LogP contribution in [-0.2, 0) is 0 Å². The van der Waals surface area contributed by atoms with E-state index in [4.69, 9.17) is 11.6 Å². The monoisotopic (exact) mass is 271 g/mol. The summed E-state index contributed by atoms with van der Waals surface area (Å²) in [6.45, 7) is 0. The molecule has 0 N–H and O–H groups in total. The van der Waals surface area contributed by atoms with Crippen LogP contribution in [0, 0.1) is 0 Å². The molecule has 2 aromatic carbocycles. The first-order valence-electron chi connectivity index (χ1n) is 5.16. The second-order valence-electron chi connectivity index (χ2n) is 3.62. The minimum Gasteiger partial charge on any atom is -0.253 e. The minimum atomic E-state index is -4.49. The zero-order valence-electron chi connectivity index (χ0n) is 9.16. The second-order valence-corrected chi connectivity index (χ2v) is 4.05. The van der Waals surface area contributed by atoms with Gasteiger partial charge in [0.2, 0.25) is 0 Å². The molecule has 5 heteroatoms. The number of nitrogens with zero attached hydrogens (tertiary/aromatic N) is 1. The van der Waals surface area contributed by atoms with Gasteiger partial charge in [-0.1, -0.05) is 29.8 Å². The van der Waals surface area contributed by atoms with E-state index in [-0.39, 0.29) is 11.4 Å². The summed E-state index contributed by atoms with van der Waals surface area (Å²) in [6, 6.07) is 13.1. The maximum Gasteiger partial charge on any atom is 0.489 e. The fourth-order valence-corrected chi connectivity index (χ4v) is 1.74. The Labute approximate surface area is 107 Å². The van der Waals surface area contributed by atoms with Crippen LogP contribution in [0.3, 0.4) is 0 Å². The molecule has 0 spiro atoms. The van der Waals surface area contributed by atoms with Crippen LogP contribution in [0.4, 0.5) is 24.5 Å². The molecule has 0 aromatic heterocycles. The van der Waals surface area contributed by atoms with Crippen LogP contribution in [0.25, 0.3) is 0 Å². The minimum absolute atomic E-state index is 0.0260. The van der Waals surface area contributed by atoms with E-state index >= 15 is 0 Å². The molecule has 0 aliphatic carbocycles. The maximum atomic E-state index is 13.1. The largest absolute Gasteiger partial charge is 0.489 e. The molecule has 0 bridgehead atoms. The van der Waals surface area contributed by atoms with Gasteiger partial charge >= 0.3 is 6.30 Å². The van der Waals surface area contributed by atoms with Gasteiger partial charge in [0.25, 0.3) is 0 Å². The first-order valence-corrected chi connectivity index (χ1v) is 5.54. The Bertz CT molecular complexity index is 508. The molecular formula is C13H9ClF3N. The summed E-state index contributed by atoms with van der Waals surface area (Å²) in [5.41, 5.74) is 0.0884. The Balaban J connectivity index is 2.47. The van der Waals surface area contributed by atoms with Crippen molar-refractivity contribution in [3.8, 4) is 0 Å². The highest BCUT2D eigenvalue weighted by Crippen LogP contribution is 2.36. The third kappa shape index (κ3) is 2.76. The topological polar surface area (TPSA) is 3.24 Å². The molecule has 1 nitrogen and oxygen atoms in total. The lowest BCUT2D eigenvalue weighted by molar-refractivity contribution is -0.120. The van der Waals surface area contributed by atoms with E-state index < -0.39 is 6.30 Å². The third-order valence-electron chi connectivity index (χ3n) is 2.35. The quantitative estimate of drug-likeness (QED) is 0.695. The highest BCUT2D eigenvalue weighted by Gasteiger charge is 2.38. The maximum absolute atomic E-state index is 13.1. The van der Waals surface area contributed by atoms with Crippen molar-refractivity contribution < 1.29 is 13.2 Å². The van der Waals surface area contributed by atoms with Crippen LogP contribution in [0.2, 0.25) is 5.02 Å². The van der Waals surface area contributed by atoms with Crippen molar-refractivity contribution >= 4 is 23.0 Å². The van der Waals surface area contributed by atoms with Crippen LogP contribution in [0.15, 0.2) is 54.6 Å². The van der Waals surface area contributed by atoms with Crippen molar-refractivity contribution in [3.05, 3.63) is 59.6 Å². The SMILES string of the molecule is FC(F)(F)N(c1ccccc1)c1ccc(Cl)cc1. The van der Waals surface area contributed by atoms with Gasteiger partial charge in [-0.15, -0.1) is 13.2 Å². The lowest BCUT2D eigenvalue weighted by Crippen LogP contribution is -2.33. The van der Waals surface area contributed by atoms with Crippen molar-refractivity contribution in [2.75, 3.05) is 4.90 Å². The number of hydrogen-bond donors (Lipinski definition) is 0.